The first-order valence-corrected chi connectivity index (χ1v) is 4.71. The highest BCUT2D eigenvalue weighted by molar-refractivity contribution is 6.10. The molecule has 0 aliphatic carbocycles. The molecular formula is C10H12BN3. The average Bonchev–Trinajstić information content (AvgIpc) is 2.49. The fourth-order valence-corrected chi connectivity index (χ4v) is 1.78. The van der Waals surface area contributed by atoms with Crippen LogP contribution in [0.2, 0.25) is 0 Å². The van der Waals surface area contributed by atoms with Crippen LogP contribution < -0.4 is 0 Å². The minimum Gasteiger partial charge on any atom is -0.304 e. The summed E-state index contributed by atoms with van der Waals surface area (Å²) in [6.45, 7) is 6.40. The second-order valence-corrected chi connectivity index (χ2v) is 3.84. The quantitative estimate of drug-likeness (QED) is 0.634. The summed E-state index contributed by atoms with van der Waals surface area (Å²) in [7, 11) is 5.61. The zero-order valence-electron chi connectivity index (χ0n) is 8.65. The van der Waals surface area contributed by atoms with E-state index in [9.17, 15) is 0 Å². The van der Waals surface area contributed by atoms with Gasteiger partial charge >= 0.3 is 0 Å². The molecule has 1 aromatic heterocycles. The zero-order valence-corrected chi connectivity index (χ0v) is 8.65. The van der Waals surface area contributed by atoms with Crippen LogP contribution in [0.4, 0.5) is 0 Å². The summed E-state index contributed by atoms with van der Waals surface area (Å²) in [5.41, 5.74) is 4.26. The Labute approximate surface area is 84.5 Å². The lowest BCUT2D eigenvalue weighted by molar-refractivity contribution is 0.858. The lowest BCUT2D eigenvalue weighted by atomic mass is 9.97. The van der Waals surface area contributed by atoms with E-state index in [-0.39, 0.29) is 0 Å². The summed E-state index contributed by atoms with van der Waals surface area (Å²) in [4.78, 5) is 0. The Kier molecular flexibility index (Phi) is 2.06. The van der Waals surface area contributed by atoms with Gasteiger partial charge in [0.05, 0.1) is 5.52 Å². The predicted molar refractivity (Wildman–Crippen MR) is 57.5 cm³/mol. The highest BCUT2D eigenvalue weighted by Gasteiger charge is 2.09. The lowest BCUT2D eigenvalue weighted by Crippen LogP contribution is -1.95. The highest BCUT2D eigenvalue weighted by Crippen LogP contribution is 2.24. The minimum absolute atomic E-state index is 0.502. The molecule has 1 heterocycles. The largest absolute Gasteiger partial charge is 0.304 e. The molecule has 0 saturated heterocycles. The van der Waals surface area contributed by atoms with E-state index >= 15 is 0 Å². The molecule has 2 aromatic rings. The van der Waals surface area contributed by atoms with Crippen LogP contribution in [0.3, 0.4) is 0 Å². The van der Waals surface area contributed by atoms with Gasteiger partial charge in [-0.3, -0.25) is 0 Å². The van der Waals surface area contributed by atoms with Gasteiger partial charge in [0, 0.05) is 0 Å². The topological polar surface area (TPSA) is 30.7 Å². The third-order valence-corrected chi connectivity index (χ3v) is 2.56. The van der Waals surface area contributed by atoms with Crippen LogP contribution in [0.15, 0.2) is 12.1 Å². The van der Waals surface area contributed by atoms with E-state index in [2.05, 4.69) is 37.1 Å². The van der Waals surface area contributed by atoms with Gasteiger partial charge in [0.2, 0.25) is 0 Å². The standard InChI is InChI=1S/C10H12BN3/c1-6(2)8-4-5-9-10(7(8)3)12-13-14(9)11/h4-6H,1-3H3. The Morgan fingerprint density at radius 3 is 2.71 bits per heavy atom. The SMILES string of the molecule is [B]n1nnc2c(C)c(C(C)C)ccc21. The van der Waals surface area contributed by atoms with Crippen LogP contribution in [-0.2, 0) is 0 Å². The van der Waals surface area contributed by atoms with E-state index in [1.54, 1.807) is 0 Å². The maximum atomic E-state index is 5.61. The highest BCUT2D eigenvalue weighted by atomic mass is 15.4. The minimum atomic E-state index is 0.502. The average molecular weight is 185 g/mol. The zero-order chi connectivity index (χ0) is 10.3. The molecule has 3 nitrogen and oxygen atoms in total. The molecule has 0 amide bonds. The van der Waals surface area contributed by atoms with Crippen molar-refractivity contribution >= 4 is 19.0 Å². The van der Waals surface area contributed by atoms with Gasteiger partial charge in [0.15, 0.2) is 0 Å². The van der Waals surface area contributed by atoms with Gasteiger partial charge in [0.1, 0.15) is 5.52 Å². The molecule has 0 N–H and O–H groups in total. The van der Waals surface area contributed by atoms with Crippen molar-refractivity contribution in [2.24, 2.45) is 0 Å². The summed E-state index contributed by atoms with van der Waals surface area (Å²) in [6.07, 6.45) is 0. The molecule has 2 radical (unpaired) electrons. The number of rotatable bonds is 1. The van der Waals surface area contributed by atoms with E-state index in [0.717, 1.165) is 11.0 Å². The molecular weight excluding hydrogens is 173 g/mol. The smallest absolute Gasteiger partial charge is 0.267 e. The predicted octanol–water partition coefficient (Wildman–Crippen LogP) is 1.79. The molecule has 0 bridgehead atoms. The van der Waals surface area contributed by atoms with Crippen LogP contribution in [0.25, 0.3) is 11.0 Å². The van der Waals surface area contributed by atoms with E-state index in [0.29, 0.717) is 5.92 Å². The lowest BCUT2D eigenvalue weighted by Gasteiger charge is -2.09. The molecule has 0 saturated carbocycles. The number of benzene rings is 1. The Morgan fingerprint density at radius 1 is 1.36 bits per heavy atom. The molecule has 0 fully saturated rings. The Bertz CT molecular complexity index is 473. The Balaban J connectivity index is 2.76. The number of hydrogen-bond acceptors (Lipinski definition) is 2. The van der Waals surface area contributed by atoms with E-state index in [1.807, 2.05) is 6.07 Å². The van der Waals surface area contributed by atoms with Gasteiger partial charge in [-0.05, 0) is 30.0 Å². The van der Waals surface area contributed by atoms with Crippen LogP contribution in [0, 0.1) is 6.92 Å². The Morgan fingerprint density at radius 2 is 2.07 bits per heavy atom. The molecule has 4 heteroatoms. The molecule has 0 aliphatic heterocycles. The van der Waals surface area contributed by atoms with Crippen molar-refractivity contribution in [3.05, 3.63) is 23.3 Å². The van der Waals surface area contributed by atoms with Gasteiger partial charge < -0.3 is 4.59 Å². The summed E-state index contributed by atoms with van der Waals surface area (Å²) in [5.74, 6) is 0.502. The first kappa shape index (κ1) is 9.25. The second kappa shape index (κ2) is 3.12. The monoisotopic (exact) mass is 185 g/mol. The van der Waals surface area contributed by atoms with Crippen LogP contribution in [0.1, 0.15) is 30.9 Å². The third kappa shape index (κ3) is 1.22. The van der Waals surface area contributed by atoms with Gasteiger partial charge in [-0.2, -0.15) is 0 Å². The van der Waals surface area contributed by atoms with Crippen LogP contribution in [0.5, 0.6) is 0 Å². The van der Waals surface area contributed by atoms with Crippen molar-refractivity contribution in [1.82, 2.24) is 14.9 Å². The van der Waals surface area contributed by atoms with E-state index < -0.39 is 0 Å². The van der Waals surface area contributed by atoms with Crippen molar-refractivity contribution in [3.63, 3.8) is 0 Å². The summed E-state index contributed by atoms with van der Waals surface area (Å²) >= 11 is 0. The van der Waals surface area contributed by atoms with Crippen molar-refractivity contribution < 1.29 is 0 Å². The summed E-state index contributed by atoms with van der Waals surface area (Å²) < 4.78 is 1.31. The number of nitrogens with zero attached hydrogens (tertiary/aromatic N) is 3. The Hall–Kier alpha value is -1.32. The summed E-state index contributed by atoms with van der Waals surface area (Å²) in [5, 5.41) is 7.85. The van der Waals surface area contributed by atoms with E-state index in [4.69, 9.17) is 7.98 Å². The third-order valence-electron chi connectivity index (χ3n) is 2.56. The van der Waals surface area contributed by atoms with Gasteiger partial charge in [-0.25, -0.2) is 0 Å². The number of fused-ring (bicyclic) bond motifs is 1. The molecule has 14 heavy (non-hydrogen) atoms. The second-order valence-electron chi connectivity index (χ2n) is 3.84. The fraction of sp³-hybridized carbons (Fsp3) is 0.400. The van der Waals surface area contributed by atoms with Gasteiger partial charge in [-0.15, -0.1) is 5.10 Å². The molecule has 2 rings (SSSR count). The fourth-order valence-electron chi connectivity index (χ4n) is 1.78. The van der Waals surface area contributed by atoms with Crippen molar-refractivity contribution in [2.45, 2.75) is 26.7 Å². The summed E-state index contributed by atoms with van der Waals surface area (Å²) in [6, 6.07) is 4.06. The number of aryl methyl sites for hydroxylation is 1. The van der Waals surface area contributed by atoms with Gasteiger partial charge in [0.25, 0.3) is 7.98 Å². The molecule has 0 atom stereocenters. The molecule has 70 valence electrons. The number of hydrogen-bond donors (Lipinski definition) is 0. The van der Waals surface area contributed by atoms with E-state index in [1.165, 1.54) is 15.7 Å². The first-order valence-electron chi connectivity index (χ1n) is 4.71. The maximum absolute atomic E-state index is 5.61. The van der Waals surface area contributed by atoms with Crippen LogP contribution in [-0.4, -0.2) is 22.9 Å². The molecule has 0 unspecified atom stereocenters. The van der Waals surface area contributed by atoms with Crippen molar-refractivity contribution in [2.75, 3.05) is 0 Å². The number of aromatic nitrogens is 3. The first-order chi connectivity index (χ1) is 6.61. The normalized spacial score (nSPS) is 11.4. The molecule has 1 aromatic carbocycles. The maximum Gasteiger partial charge on any atom is 0.267 e. The van der Waals surface area contributed by atoms with Crippen molar-refractivity contribution in [3.8, 4) is 0 Å². The van der Waals surface area contributed by atoms with Gasteiger partial charge in [-0.1, -0.05) is 25.1 Å². The molecule has 0 aliphatic rings. The molecule has 0 spiro atoms. The van der Waals surface area contributed by atoms with Crippen LogP contribution >= 0.6 is 0 Å². The van der Waals surface area contributed by atoms with Crippen molar-refractivity contribution in [1.29, 1.82) is 0 Å².